The van der Waals surface area contributed by atoms with Gasteiger partial charge in [0, 0.05) is 18.7 Å². The first-order valence-corrected chi connectivity index (χ1v) is 9.62. The van der Waals surface area contributed by atoms with Gasteiger partial charge in [0.15, 0.2) is 0 Å². The molecular formula is C24H18Cl2N. The molecule has 0 saturated carbocycles. The predicted molar refractivity (Wildman–Crippen MR) is 115 cm³/mol. The summed E-state index contributed by atoms with van der Waals surface area (Å²) in [6.07, 6.45) is 0. The molecule has 0 N–H and O–H groups in total. The van der Waals surface area contributed by atoms with E-state index in [2.05, 4.69) is 41.7 Å². The molecular weight excluding hydrogens is 373 g/mol. The van der Waals surface area contributed by atoms with Crippen LogP contribution in [0.5, 0.6) is 0 Å². The summed E-state index contributed by atoms with van der Waals surface area (Å²) in [6.45, 7) is 1.21. The van der Waals surface area contributed by atoms with E-state index < -0.39 is 0 Å². The molecule has 1 radical (unpaired) electrons. The minimum absolute atomic E-state index is 0.545. The van der Waals surface area contributed by atoms with Crippen molar-refractivity contribution < 1.29 is 0 Å². The zero-order valence-electron chi connectivity index (χ0n) is 14.7. The zero-order valence-corrected chi connectivity index (χ0v) is 16.2. The minimum Gasteiger partial charge on any atom is -0.232 e. The maximum Gasteiger partial charge on any atom is 0.0674 e. The highest BCUT2D eigenvalue weighted by atomic mass is 35.5. The lowest BCUT2D eigenvalue weighted by Crippen LogP contribution is -2.05. The largest absolute Gasteiger partial charge is 0.232 e. The summed E-state index contributed by atoms with van der Waals surface area (Å²) in [4.78, 5) is 0. The minimum atomic E-state index is 0.545. The van der Waals surface area contributed by atoms with Gasteiger partial charge in [-0.15, -0.1) is 0 Å². The Bertz CT molecular complexity index is 1070. The van der Waals surface area contributed by atoms with Gasteiger partial charge in [0.25, 0.3) is 0 Å². The van der Waals surface area contributed by atoms with Gasteiger partial charge in [0.2, 0.25) is 0 Å². The van der Waals surface area contributed by atoms with Crippen molar-refractivity contribution in [2.45, 2.75) is 13.1 Å². The second kappa shape index (κ2) is 8.14. The molecule has 1 nitrogen and oxygen atoms in total. The molecule has 4 rings (SSSR count). The fraction of sp³-hybridized carbons (Fsp3) is 0.0833. The number of hydrogen-bond acceptors (Lipinski definition) is 0. The smallest absolute Gasteiger partial charge is 0.0674 e. The highest BCUT2D eigenvalue weighted by Crippen LogP contribution is 2.38. The maximum absolute atomic E-state index is 6.66. The van der Waals surface area contributed by atoms with E-state index in [4.69, 9.17) is 23.2 Å². The van der Waals surface area contributed by atoms with Crippen molar-refractivity contribution >= 4 is 34.0 Å². The highest BCUT2D eigenvalue weighted by molar-refractivity contribution is 6.44. The summed E-state index contributed by atoms with van der Waals surface area (Å²) in [5, 5.41) is 8.14. The average Bonchev–Trinajstić information content (AvgIpc) is 2.72. The monoisotopic (exact) mass is 390 g/mol. The lowest BCUT2D eigenvalue weighted by molar-refractivity contribution is 0.677. The van der Waals surface area contributed by atoms with Gasteiger partial charge in [0.1, 0.15) is 0 Å². The molecule has 27 heavy (non-hydrogen) atoms. The van der Waals surface area contributed by atoms with Crippen LogP contribution >= 0.6 is 23.2 Å². The van der Waals surface area contributed by atoms with Crippen LogP contribution in [-0.2, 0) is 13.1 Å². The van der Waals surface area contributed by atoms with Crippen LogP contribution in [-0.4, -0.2) is 0 Å². The quantitative estimate of drug-likeness (QED) is 0.344. The summed E-state index contributed by atoms with van der Waals surface area (Å²) >= 11 is 13.2. The first-order valence-electron chi connectivity index (χ1n) is 8.86. The Morgan fingerprint density at radius 2 is 1.33 bits per heavy atom. The zero-order chi connectivity index (χ0) is 18.6. The molecule has 0 amide bonds. The molecule has 0 aliphatic heterocycles. The van der Waals surface area contributed by atoms with Gasteiger partial charge in [0.05, 0.1) is 10.0 Å². The van der Waals surface area contributed by atoms with Crippen molar-refractivity contribution in [3.63, 3.8) is 0 Å². The Labute approximate surface area is 169 Å². The Hall–Kier alpha value is -2.32. The van der Waals surface area contributed by atoms with Gasteiger partial charge in [-0.2, -0.15) is 0 Å². The summed E-state index contributed by atoms with van der Waals surface area (Å²) in [5.41, 5.74) is 4.17. The summed E-state index contributed by atoms with van der Waals surface area (Å²) in [5.74, 6) is 0. The molecule has 0 atom stereocenters. The normalized spacial score (nSPS) is 11.0. The molecule has 3 heteroatoms. The topological polar surface area (TPSA) is 14.1 Å². The van der Waals surface area contributed by atoms with E-state index >= 15 is 0 Å². The first-order chi connectivity index (χ1) is 13.2. The number of hydrogen-bond donors (Lipinski definition) is 0. The van der Waals surface area contributed by atoms with E-state index in [1.54, 1.807) is 0 Å². The molecule has 0 heterocycles. The molecule has 0 bridgehead atoms. The average molecular weight is 391 g/mol. The van der Waals surface area contributed by atoms with Crippen molar-refractivity contribution in [2.75, 3.05) is 0 Å². The number of fused-ring (bicyclic) bond motifs is 1. The third-order valence-corrected chi connectivity index (χ3v) is 5.58. The van der Waals surface area contributed by atoms with Crippen LogP contribution in [0.4, 0.5) is 0 Å². The number of rotatable bonds is 5. The lowest BCUT2D eigenvalue weighted by Gasteiger charge is -2.13. The Morgan fingerprint density at radius 1 is 0.593 bits per heavy atom. The van der Waals surface area contributed by atoms with Crippen LogP contribution in [0.2, 0.25) is 10.0 Å². The second-order valence-corrected chi connectivity index (χ2v) is 7.21. The summed E-state index contributed by atoms with van der Waals surface area (Å²) < 4.78 is 0. The maximum atomic E-state index is 6.66. The molecule has 0 aromatic heterocycles. The summed E-state index contributed by atoms with van der Waals surface area (Å²) in [6, 6.07) is 28.8. The van der Waals surface area contributed by atoms with Crippen molar-refractivity contribution in [1.82, 2.24) is 5.32 Å². The SMILES string of the molecule is Clc1c(C[N]Cc2ccccc2)ccc(-c2cccc3ccccc23)c1Cl. The van der Waals surface area contributed by atoms with Crippen molar-refractivity contribution in [1.29, 1.82) is 0 Å². The fourth-order valence-electron chi connectivity index (χ4n) is 3.27. The number of benzene rings is 4. The Balaban J connectivity index is 1.60. The molecule has 0 aliphatic carbocycles. The molecule has 133 valence electrons. The molecule has 0 saturated heterocycles. The highest BCUT2D eigenvalue weighted by Gasteiger charge is 2.13. The van der Waals surface area contributed by atoms with Gasteiger partial charge in [-0.05, 0) is 27.5 Å². The predicted octanol–water partition coefficient (Wildman–Crippen LogP) is 7.12. The third kappa shape index (κ3) is 3.86. The second-order valence-electron chi connectivity index (χ2n) is 6.45. The van der Waals surface area contributed by atoms with Crippen molar-refractivity contribution in [2.24, 2.45) is 0 Å². The van der Waals surface area contributed by atoms with Gasteiger partial charge >= 0.3 is 0 Å². The molecule has 4 aromatic rings. The molecule has 0 fully saturated rings. The van der Waals surface area contributed by atoms with Gasteiger partial charge in [-0.3, -0.25) is 0 Å². The Kier molecular flexibility index (Phi) is 5.45. The van der Waals surface area contributed by atoms with Crippen LogP contribution in [0.25, 0.3) is 21.9 Å². The first kappa shape index (κ1) is 18.1. The van der Waals surface area contributed by atoms with Crippen LogP contribution in [0.3, 0.4) is 0 Å². The van der Waals surface area contributed by atoms with Gasteiger partial charge in [-0.1, -0.05) is 108 Å². The van der Waals surface area contributed by atoms with Crippen LogP contribution < -0.4 is 5.32 Å². The van der Waals surface area contributed by atoms with Crippen LogP contribution in [0.15, 0.2) is 84.9 Å². The Morgan fingerprint density at radius 3 is 2.19 bits per heavy atom. The van der Waals surface area contributed by atoms with Crippen LogP contribution in [0, 0.1) is 0 Å². The van der Waals surface area contributed by atoms with E-state index in [1.165, 1.54) is 16.3 Å². The molecule has 0 unspecified atom stereocenters. The van der Waals surface area contributed by atoms with Crippen LogP contribution in [0.1, 0.15) is 11.1 Å². The van der Waals surface area contributed by atoms with E-state index in [-0.39, 0.29) is 0 Å². The van der Waals surface area contributed by atoms with Crippen molar-refractivity contribution in [3.8, 4) is 11.1 Å². The van der Waals surface area contributed by atoms with E-state index in [0.717, 1.165) is 16.7 Å². The van der Waals surface area contributed by atoms with Gasteiger partial charge in [-0.25, -0.2) is 5.32 Å². The van der Waals surface area contributed by atoms with Gasteiger partial charge < -0.3 is 0 Å². The summed E-state index contributed by atoms with van der Waals surface area (Å²) in [7, 11) is 0. The van der Waals surface area contributed by atoms with E-state index in [1.807, 2.05) is 48.5 Å². The molecule has 0 aliphatic rings. The van der Waals surface area contributed by atoms with E-state index in [0.29, 0.717) is 23.1 Å². The van der Waals surface area contributed by atoms with E-state index in [9.17, 15) is 0 Å². The fourth-order valence-corrected chi connectivity index (χ4v) is 3.78. The number of nitrogens with zero attached hydrogens (tertiary/aromatic N) is 1. The number of halogens is 2. The van der Waals surface area contributed by atoms with Crippen molar-refractivity contribution in [3.05, 3.63) is 106 Å². The standard InChI is InChI=1S/C24H18Cl2N/c25-23-19(16-27-15-17-7-2-1-3-8-17)13-14-22(24(23)26)21-12-6-10-18-9-4-5-11-20(18)21/h1-14H,15-16H2. The third-order valence-electron chi connectivity index (χ3n) is 4.66. The molecule has 0 spiro atoms. The lowest BCUT2D eigenvalue weighted by atomic mass is 9.97. The molecule has 4 aromatic carbocycles.